The molecule has 0 saturated carbocycles. The van der Waals surface area contributed by atoms with E-state index >= 15 is 0 Å². The molecule has 7 heteroatoms. The summed E-state index contributed by atoms with van der Waals surface area (Å²) in [7, 11) is 0. The van der Waals surface area contributed by atoms with Crippen LogP contribution in [0.3, 0.4) is 0 Å². The Bertz CT molecular complexity index is 672. The van der Waals surface area contributed by atoms with E-state index in [4.69, 9.17) is 20.8 Å². The second kappa shape index (κ2) is 9.34. The predicted octanol–water partition coefficient (Wildman–Crippen LogP) is 2.77. The van der Waals surface area contributed by atoms with Crippen molar-refractivity contribution in [1.82, 2.24) is 10.6 Å². The van der Waals surface area contributed by atoms with Gasteiger partial charge in [0.05, 0.1) is 19.4 Å². The maximum Gasteiger partial charge on any atom is 0.191 e. The summed E-state index contributed by atoms with van der Waals surface area (Å²) in [6, 6.07) is 10.7. The number of benzene rings is 1. The molecule has 1 unspecified atom stereocenters. The molecule has 0 aliphatic rings. The van der Waals surface area contributed by atoms with Crippen molar-refractivity contribution in [2.45, 2.75) is 19.4 Å². The quantitative estimate of drug-likeness (QED) is 0.381. The Hall–Kier alpha value is -2.18. The van der Waals surface area contributed by atoms with Gasteiger partial charge in [-0.15, -0.1) is 0 Å². The number of ether oxygens (including phenoxy) is 1. The van der Waals surface area contributed by atoms with Crippen LogP contribution in [-0.4, -0.2) is 37.3 Å². The van der Waals surface area contributed by atoms with Gasteiger partial charge in [0.1, 0.15) is 23.7 Å². The zero-order valence-electron chi connectivity index (χ0n) is 14.5. The Labute approximate surface area is 152 Å². The van der Waals surface area contributed by atoms with Crippen LogP contribution in [0.25, 0.3) is 0 Å². The van der Waals surface area contributed by atoms with E-state index in [0.717, 1.165) is 5.75 Å². The normalized spacial score (nSPS) is 14.0. The van der Waals surface area contributed by atoms with Crippen LogP contribution in [0.2, 0.25) is 5.02 Å². The van der Waals surface area contributed by atoms with E-state index in [-0.39, 0.29) is 6.54 Å². The summed E-state index contributed by atoms with van der Waals surface area (Å²) in [5.74, 6) is 1.80. The first kappa shape index (κ1) is 19.1. The molecule has 0 aliphatic carbocycles. The number of furan rings is 1. The molecule has 25 heavy (non-hydrogen) atoms. The average molecular weight is 366 g/mol. The number of aliphatic hydroxyl groups is 1. The third kappa shape index (κ3) is 6.32. The molecule has 2 aromatic rings. The van der Waals surface area contributed by atoms with Gasteiger partial charge in [-0.1, -0.05) is 17.7 Å². The van der Waals surface area contributed by atoms with E-state index < -0.39 is 5.60 Å². The van der Waals surface area contributed by atoms with Crippen LogP contribution in [-0.2, 0) is 5.60 Å². The van der Waals surface area contributed by atoms with Gasteiger partial charge in [-0.05, 0) is 44.2 Å². The minimum absolute atomic E-state index is 0.172. The van der Waals surface area contributed by atoms with Gasteiger partial charge in [0.2, 0.25) is 0 Å². The number of halogens is 1. The van der Waals surface area contributed by atoms with Crippen LogP contribution in [0.5, 0.6) is 5.75 Å². The highest BCUT2D eigenvalue weighted by Gasteiger charge is 2.25. The van der Waals surface area contributed by atoms with Crippen molar-refractivity contribution in [2.75, 3.05) is 26.2 Å². The summed E-state index contributed by atoms with van der Waals surface area (Å²) in [5, 5.41) is 17.4. The molecule has 0 saturated heterocycles. The third-order valence-corrected chi connectivity index (χ3v) is 3.64. The average Bonchev–Trinajstić information content (AvgIpc) is 3.12. The molecule has 6 nitrogen and oxygen atoms in total. The highest BCUT2D eigenvalue weighted by molar-refractivity contribution is 6.30. The van der Waals surface area contributed by atoms with Crippen LogP contribution < -0.4 is 15.4 Å². The number of aliphatic imine (C=N–C) groups is 1. The van der Waals surface area contributed by atoms with Crippen molar-refractivity contribution < 1.29 is 14.3 Å². The summed E-state index contributed by atoms with van der Waals surface area (Å²) in [4.78, 5) is 4.41. The van der Waals surface area contributed by atoms with E-state index in [1.807, 2.05) is 19.1 Å². The Balaban J connectivity index is 1.83. The summed E-state index contributed by atoms with van der Waals surface area (Å²) in [5.41, 5.74) is -1.16. The summed E-state index contributed by atoms with van der Waals surface area (Å²) < 4.78 is 10.9. The van der Waals surface area contributed by atoms with Gasteiger partial charge >= 0.3 is 0 Å². The fraction of sp³-hybridized carbons (Fsp3) is 0.389. The van der Waals surface area contributed by atoms with Gasteiger partial charge in [0.15, 0.2) is 5.96 Å². The SMILES string of the molecule is CCNC(=NCC(C)(O)c1ccco1)NCCOc1cccc(Cl)c1. The zero-order valence-corrected chi connectivity index (χ0v) is 15.2. The Morgan fingerprint density at radius 3 is 2.84 bits per heavy atom. The molecule has 136 valence electrons. The van der Waals surface area contributed by atoms with Crippen molar-refractivity contribution >= 4 is 17.6 Å². The van der Waals surface area contributed by atoms with E-state index in [2.05, 4.69) is 15.6 Å². The fourth-order valence-electron chi connectivity index (χ4n) is 2.13. The standard InChI is InChI=1S/C18H24ClN3O3/c1-3-20-17(22-13-18(2,23)16-8-5-10-25-16)21-9-11-24-15-7-4-6-14(19)12-15/h4-8,10,12,23H,3,9,11,13H2,1-2H3,(H2,20,21,22). The van der Waals surface area contributed by atoms with Crippen molar-refractivity contribution in [3.63, 3.8) is 0 Å². The number of hydrogen-bond acceptors (Lipinski definition) is 4. The summed E-state index contributed by atoms with van der Waals surface area (Å²) >= 11 is 5.92. The molecule has 0 fully saturated rings. The van der Waals surface area contributed by atoms with Crippen molar-refractivity contribution in [1.29, 1.82) is 0 Å². The number of guanidine groups is 1. The zero-order chi connectivity index (χ0) is 18.1. The summed E-state index contributed by atoms with van der Waals surface area (Å²) in [6.07, 6.45) is 1.53. The van der Waals surface area contributed by atoms with Gasteiger partial charge in [-0.2, -0.15) is 0 Å². The van der Waals surface area contributed by atoms with Crippen molar-refractivity contribution in [2.24, 2.45) is 4.99 Å². The largest absolute Gasteiger partial charge is 0.492 e. The van der Waals surface area contributed by atoms with Crippen LogP contribution in [0.15, 0.2) is 52.1 Å². The van der Waals surface area contributed by atoms with Crippen LogP contribution in [0.4, 0.5) is 0 Å². The van der Waals surface area contributed by atoms with E-state index in [1.54, 1.807) is 31.2 Å². The minimum atomic E-state index is -1.16. The second-order valence-corrected chi connectivity index (χ2v) is 6.12. The molecule has 0 bridgehead atoms. The Morgan fingerprint density at radius 2 is 2.16 bits per heavy atom. The van der Waals surface area contributed by atoms with E-state index in [1.165, 1.54) is 6.26 Å². The van der Waals surface area contributed by atoms with E-state index in [0.29, 0.717) is 36.4 Å². The van der Waals surface area contributed by atoms with Gasteiger partial charge < -0.3 is 24.9 Å². The first-order valence-electron chi connectivity index (χ1n) is 8.18. The highest BCUT2D eigenvalue weighted by atomic mass is 35.5. The number of nitrogens with zero attached hydrogens (tertiary/aromatic N) is 1. The third-order valence-electron chi connectivity index (χ3n) is 3.40. The lowest BCUT2D eigenvalue weighted by Crippen LogP contribution is -2.40. The minimum Gasteiger partial charge on any atom is -0.492 e. The van der Waals surface area contributed by atoms with Crippen molar-refractivity contribution in [3.8, 4) is 5.75 Å². The fourth-order valence-corrected chi connectivity index (χ4v) is 2.31. The maximum atomic E-state index is 10.4. The Kier molecular flexibility index (Phi) is 7.16. The number of hydrogen-bond donors (Lipinski definition) is 3. The lowest BCUT2D eigenvalue weighted by atomic mass is 10.0. The molecule has 1 heterocycles. The smallest absolute Gasteiger partial charge is 0.191 e. The highest BCUT2D eigenvalue weighted by Crippen LogP contribution is 2.21. The van der Waals surface area contributed by atoms with E-state index in [9.17, 15) is 5.11 Å². The molecule has 2 rings (SSSR count). The molecular weight excluding hydrogens is 342 g/mol. The molecule has 0 aliphatic heterocycles. The van der Waals surface area contributed by atoms with Crippen LogP contribution in [0.1, 0.15) is 19.6 Å². The number of nitrogens with one attached hydrogen (secondary N) is 2. The molecule has 1 atom stereocenters. The molecule has 0 radical (unpaired) electrons. The molecule has 1 aromatic heterocycles. The lowest BCUT2D eigenvalue weighted by Gasteiger charge is -2.19. The predicted molar refractivity (Wildman–Crippen MR) is 99.2 cm³/mol. The molecular formula is C18H24ClN3O3. The van der Waals surface area contributed by atoms with Crippen LogP contribution in [0, 0.1) is 0 Å². The number of rotatable bonds is 8. The maximum absolute atomic E-state index is 10.4. The lowest BCUT2D eigenvalue weighted by molar-refractivity contribution is 0.0437. The topological polar surface area (TPSA) is 79.0 Å². The first-order valence-corrected chi connectivity index (χ1v) is 8.56. The van der Waals surface area contributed by atoms with Gasteiger partial charge in [0.25, 0.3) is 0 Å². The molecule has 0 spiro atoms. The Morgan fingerprint density at radius 1 is 1.32 bits per heavy atom. The molecule has 0 amide bonds. The molecule has 3 N–H and O–H groups in total. The first-order chi connectivity index (χ1) is 12.0. The van der Waals surface area contributed by atoms with Gasteiger partial charge in [-0.3, -0.25) is 0 Å². The monoisotopic (exact) mass is 365 g/mol. The summed E-state index contributed by atoms with van der Waals surface area (Å²) in [6.45, 7) is 5.54. The second-order valence-electron chi connectivity index (χ2n) is 5.68. The van der Waals surface area contributed by atoms with Crippen LogP contribution >= 0.6 is 11.6 Å². The van der Waals surface area contributed by atoms with Gasteiger partial charge in [0, 0.05) is 11.6 Å². The van der Waals surface area contributed by atoms with Gasteiger partial charge in [-0.25, -0.2) is 4.99 Å². The van der Waals surface area contributed by atoms with Crippen molar-refractivity contribution in [3.05, 3.63) is 53.4 Å². The molecule has 1 aromatic carbocycles.